The number of hydrogen-bond acceptors (Lipinski definition) is 9. The highest BCUT2D eigenvalue weighted by Gasteiger charge is 2.41. The zero-order chi connectivity index (χ0) is 31.0. The molecule has 0 saturated carbocycles. The topological polar surface area (TPSA) is 92.7 Å². The number of nitrogens with one attached hydrogen (secondary N) is 1. The monoisotopic (exact) mass is 624 g/mol. The van der Waals surface area contributed by atoms with Crippen LogP contribution in [0.4, 0.5) is 0 Å². The summed E-state index contributed by atoms with van der Waals surface area (Å²) in [5.41, 5.74) is 3.49. The van der Waals surface area contributed by atoms with Crippen LogP contribution in [0, 0.1) is 0 Å². The Balaban J connectivity index is 1.25. The Morgan fingerprint density at radius 3 is 2.49 bits per heavy atom. The molecule has 3 aromatic carbocycles. The average molecular weight is 625 g/mol. The van der Waals surface area contributed by atoms with Crippen LogP contribution in [-0.4, -0.2) is 66.2 Å². The molecule has 1 atom stereocenters. The first-order chi connectivity index (χ1) is 22.0. The fourth-order valence-electron chi connectivity index (χ4n) is 5.52. The quantitative estimate of drug-likeness (QED) is 0.274. The number of allylic oxidation sites excluding steroid dienone is 1. The second kappa shape index (κ2) is 14.6. The first-order valence-corrected chi connectivity index (χ1v) is 16.0. The van der Waals surface area contributed by atoms with Crippen molar-refractivity contribution in [2.75, 3.05) is 39.4 Å². The third kappa shape index (κ3) is 7.65. The number of esters is 1. The summed E-state index contributed by atoms with van der Waals surface area (Å²) >= 11 is 1.45. The Kier molecular flexibility index (Phi) is 9.94. The molecule has 0 aliphatic carbocycles. The number of rotatable bonds is 11. The molecule has 0 spiro atoms. The molecule has 3 aliphatic rings. The van der Waals surface area contributed by atoms with Gasteiger partial charge in [-0.25, -0.2) is 9.79 Å². The Hall–Kier alpha value is -4.38. The van der Waals surface area contributed by atoms with Gasteiger partial charge in [0.1, 0.15) is 18.1 Å². The number of carbonyl (C=O) groups excluding carboxylic acids is 2. The number of benzene rings is 3. The Morgan fingerprint density at radius 2 is 1.71 bits per heavy atom. The van der Waals surface area contributed by atoms with E-state index in [4.69, 9.17) is 19.2 Å². The summed E-state index contributed by atoms with van der Waals surface area (Å²) in [6.45, 7) is 6.48. The molecule has 0 radical (unpaired) electrons. The molecule has 1 N–H and O–H groups in total. The number of fused-ring (bicyclic) bond motifs is 1. The summed E-state index contributed by atoms with van der Waals surface area (Å²) in [6.07, 6.45) is 0.150. The van der Waals surface area contributed by atoms with Gasteiger partial charge in [0.05, 0.1) is 36.9 Å². The minimum Gasteiger partial charge on any atom is -0.457 e. The van der Waals surface area contributed by atoms with Gasteiger partial charge in [-0.2, -0.15) is 0 Å². The number of ether oxygens (including phenoxy) is 3. The number of para-hydroxylation sites is 1. The van der Waals surface area contributed by atoms with Gasteiger partial charge in [-0.1, -0.05) is 72.4 Å². The second-order valence-electron chi connectivity index (χ2n) is 10.9. The van der Waals surface area contributed by atoms with Gasteiger partial charge in [-0.15, -0.1) is 0 Å². The summed E-state index contributed by atoms with van der Waals surface area (Å²) in [5, 5.41) is 5.72. The third-order valence-electron chi connectivity index (χ3n) is 7.78. The van der Waals surface area contributed by atoms with Crippen LogP contribution in [0.1, 0.15) is 30.5 Å². The van der Waals surface area contributed by atoms with E-state index in [-0.39, 0.29) is 18.9 Å². The first-order valence-electron chi connectivity index (χ1n) is 15.1. The molecular formula is C35H36N4O5S. The molecule has 3 aromatic rings. The fourth-order valence-corrected chi connectivity index (χ4v) is 6.49. The molecule has 10 heteroatoms. The second-order valence-corrected chi connectivity index (χ2v) is 11.8. The fraction of sp³-hybridized carbons (Fsp3) is 0.286. The number of aliphatic imine (C=N–C) groups is 1. The van der Waals surface area contributed by atoms with Crippen molar-refractivity contribution in [1.29, 1.82) is 0 Å². The van der Waals surface area contributed by atoms with Gasteiger partial charge in [-0.3, -0.25) is 9.69 Å². The van der Waals surface area contributed by atoms with Crippen molar-refractivity contribution in [2.24, 2.45) is 4.99 Å². The van der Waals surface area contributed by atoms with Gasteiger partial charge in [0.15, 0.2) is 5.17 Å². The maximum Gasteiger partial charge on any atom is 0.338 e. The van der Waals surface area contributed by atoms with Gasteiger partial charge in [0.25, 0.3) is 0 Å². The molecule has 3 aliphatic heterocycles. The van der Waals surface area contributed by atoms with Crippen LogP contribution < -0.4 is 10.1 Å². The summed E-state index contributed by atoms with van der Waals surface area (Å²) in [6, 6.07) is 26.3. The van der Waals surface area contributed by atoms with Gasteiger partial charge in [0.2, 0.25) is 5.91 Å². The van der Waals surface area contributed by atoms with Crippen LogP contribution in [-0.2, 0) is 25.7 Å². The van der Waals surface area contributed by atoms with E-state index >= 15 is 0 Å². The lowest BCUT2D eigenvalue weighted by Crippen LogP contribution is -2.42. The Labute approximate surface area is 267 Å². The molecular weight excluding hydrogens is 588 g/mol. The zero-order valence-electron chi connectivity index (χ0n) is 25.2. The minimum atomic E-state index is -0.567. The normalized spacial score (nSPS) is 18.2. The smallest absolute Gasteiger partial charge is 0.338 e. The molecule has 1 amide bonds. The van der Waals surface area contributed by atoms with E-state index in [1.807, 2.05) is 102 Å². The van der Waals surface area contributed by atoms with Crippen LogP contribution in [0.3, 0.4) is 0 Å². The lowest BCUT2D eigenvalue weighted by molar-refractivity contribution is -0.141. The predicted octanol–water partition coefficient (Wildman–Crippen LogP) is 5.64. The van der Waals surface area contributed by atoms with Gasteiger partial charge < -0.3 is 24.4 Å². The third-order valence-corrected chi connectivity index (χ3v) is 8.67. The molecule has 9 nitrogen and oxygen atoms in total. The van der Waals surface area contributed by atoms with Crippen molar-refractivity contribution >= 4 is 28.8 Å². The largest absolute Gasteiger partial charge is 0.457 e. The maximum absolute atomic E-state index is 13.8. The van der Waals surface area contributed by atoms with Crippen LogP contribution in [0.25, 0.3) is 0 Å². The zero-order valence-corrected chi connectivity index (χ0v) is 26.0. The molecule has 0 unspecified atom stereocenters. The van der Waals surface area contributed by atoms with Crippen molar-refractivity contribution in [3.05, 3.63) is 118 Å². The van der Waals surface area contributed by atoms with E-state index in [2.05, 4.69) is 10.2 Å². The average Bonchev–Trinajstić information content (AvgIpc) is 3.46. The van der Waals surface area contributed by atoms with Crippen molar-refractivity contribution in [1.82, 2.24) is 15.1 Å². The van der Waals surface area contributed by atoms with Crippen molar-refractivity contribution in [3.63, 3.8) is 0 Å². The van der Waals surface area contributed by atoms with Crippen LogP contribution >= 0.6 is 11.8 Å². The molecule has 1 saturated heterocycles. The van der Waals surface area contributed by atoms with Crippen LogP contribution in [0.15, 0.2) is 112 Å². The van der Waals surface area contributed by atoms with E-state index in [0.717, 1.165) is 49.7 Å². The highest BCUT2D eigenvalue weighted by Crippen LogP contribution is 2.45. The van der Waals surface area contributed by atoms with E-state index in [1.165, 1.54) is 11.8 Å². The summed E-state index contributed by atoms with van der Waals surface area (Å²) in [5.74, 6) is 0.803. The van der Waals surface area contributed by atoms with Gasteiger partial charge >= 0.3 is 5.97 Å². The van der Waals surface area contributed by atoms with E-state index < -0.39 is 12.0 Å². The standard InChI is InChI=1S/C35H36N4O5S/c1-25-32(34(41)43-23-26-9-4-2-5-10-26)33(27-11-8-14-30(21-27)44-29-12-6-3-7-13-29)39-28(24-45-35(39)37-25)22-31(40)36-15-16-38-17-19-42-20-18-38/h2-14,21,24,33H,15-20,22-23H2,1H3,(H,36,40)/t33-/m0/s1. The molecule has 232 valence electrons. The SMILES string of the molecule is CC1=C(C(=O)OCc2ccccc2)[C@H](c2cccc(Oc3ccccc3)c2)N2C(CC(=O)NCCN3CCOCC3)=CSC2=N1. The highest BCUT2D eigenvalue weighted by molar-refractivity contribution is 8.16. The molecule has 6 rings (SSSR count). The van der Waals surface area contributed by atoms with Gasteiger partial charge in [-0.05, 0) is 47.7 Å². The minimum absolute atomic E-state index is 0.0873. The van der Waals surface area contributed by atoms with E-state index in [1.54, 1.807) is 0 Å². The van der Waals surface area contributed by atoms with E-state index in [0.29, 0.717) is 34.5 Å². The van der Waals surface area contributed by atoms with Crippen molar-refractivity contribution in [2.45, 2.75) is 26.0 Å². The van der Waals surface area contributed by atoms with Crippen LogP contribution in [0.5, 0.6) is 11.5 Å². The Morgan fingerprint density at radius 1 is 0.978 bits per heavy atom. The lowest BCUT2D eigenvalue weighted by Gasteiger charge is -2.36. The Bertz CT molecular complexity index is 1600. The summed E-state index contributed by atoms with van der Waals surface area (Å²) in [4.78, 5) is 36.1. The predicted molar refractivity (Wildman–Crippen MR) is 174 cm³/mol. The number of amidine groups is 1. The lowest BCUT2D eigenvalue weighted by atomic mass is 9.93. The summed E-state index contributed by atoms with van der Waals surface area (Å²) in [7, 11) is 0. The van der Waals surface area contributed by atoms with Crippen molar-refractivity contribution < 1.29 is 23.8 Å². The molecule has 45 heavy (non-hydrogen) atoms. The maximum atomic E-state index is 13.8. The number of carbonyl (C=O) groups is 2. The first kappa shape index (κ1) is 30.6. The van der Waals surface area contributed by atoms with Crippen LogP contribution in [0.2, 0.25) is 0 Å². The summed E-state index contributed by atoms with van der Waals surface area (Å²) < 4.78 is 17.4. The number of hydrogen-bond donors (Lipinski definition) is 1. The molecule has 3 heterocycles. The number of amides is 1. The van der Waals surface area contributed by atoms with Crippen molar-refractivity contribution in [3.8, 4) is 11.5 Å². The molecule has 0 aromatic heterocycles. The van der Waals surface area contributed by atoms with E-state index in [9.17, 15) is 9.59 Å². The number of nitrogens with zero attached hydrogens (tertiary/aromatic N) is 3. The highest BCUT2D eigenvalue weighted by atomic mass is 32.2. The van der Waals surface area contributed by atoms with Gasteiger partial charge in [0, 0.05) is 31.9 Å². The molecule has 1 fully saturated rings. The number of thioether (sulfide) groups is 1. The molecule has 0 bridgehead atoms. The number of morpholine rings is 1.